The number of hydrogen-bond donors (Lipinski definition) is 3. The zero-order valence-corrected chi connectivity index (χ0v) is 59.9. The predicted octanol–water partition coefficient (Wildman–Crippen LogP) is 20.7. The van der Waals surface area contributed by atoms with Crippen LogP contribution in [0.4, 0.5) is 0 Å². The fraction of sp³-hybridized carbons (Fsp3) is 0.944. The van der Waals surface area contributed by atoms with Gasteiger partial charge < -0.3 is 33.8 Å². The molecular formula is C71H138O17P2. The average molecular weight is 1330 g/mol. The zero-order chi connectivity index (χ0) is 66.1. The molecule has 0 aliphatic rings. The van der Waals surface area contributed by atoms with E-state index in [0.717, 1.165) is 96.3 Å². The molecule has 0 rings (SSSR count). The summed E-state index contributed by atoms with van der Waals surface area (Å²) in [4.78, 5) is 72.2. The second kappa shape index (κ2) is 65.7. The van der Waals surface area contributed by atoms with Crippen LogP contribution in [-0.2, 0) is 65.4 Å². The van der Waals surface area contributed by atoms with E-state index in [4.69, 9.17) is 37.0 Å². The minimum atomic E-state index is -4.95. The fourth-order valence-corrected chi connectivity index (χ4v) is 12.4. The first-order valence-corrected chi connectivity index (χ1v) is 40.3. The van der Waals surface area contributed by atoms with Gasteiger partial charge in [0.25, 0.3) is 0 Å². The molecule has 0 amide bonds. The standard InChI is InChI=1S/C71H138O17P2/c1-5-9-13-17-20-23-25-27-29-30-31-32-33-34-35-36-38-40-43-46-50-54-58-71(76)88-67(62-82-69(74)56-52-48-44-42-39-37-28-26-24-21-18-14-10-6-2)64-86-90(79,80)84-60-65(72)59-83-89(77,78)85-63-66(61-81-68(73)55-51-47-16-12-8-4)87-70(75)57-53-49-45-41-22-19-15-11-7-3/h65-67,72H,5-64H2,1-4H3,(H,77,78)(H,79,80)/t65-,66+,67+/m0/s1. The first-order valence-electron chi connectivity index (χ1n) is 37.3. The largest absolute Gasteiger partial charge is 0.472 e. The van der Waals surface area contributed by atoms with Crippen LogP contribution in [0.1, 0.15) is 374 Å². The van der Waals surface area contributed by atoms with Crippen LogP contribution in [0, 0.1) is 0 Å². The fourth-order valence-electron chi connectivity index (χ4n) is 10.9. The highest BCUT2D eigenvalue weighted by Crippen LogP contribution is 2.45. The van der Waals surface area contributed by atoms with Crippen LogP contribution in [0.3, 0.4) is 0 Å². The van der Waals surface area contributed by atoms with Gasteiger partial charge in [-0.3, -0.25) is 37.3 Å². The molecule has 3 N–H and O–H groups in total. The second-order valence-electron chi connectivity index (χ2n) is 25.6. The van der Waals surface area contributed by atoms with Gasteiger partial charge in [0.15, 0.2) is 12.2 Å². The topological polar surface area (TPSA) is 237 Å². The number of esters is 4. The van der Waals surface area contributed by atoms with Crippen molar-refractivity contribution < 1.29 is 80.2 Å². The quantitative estimate of drug-likeness (QED) is 0.0222. The summed E-state index contributed by atoms with van der Waals surface area (Å²) < 4.78 is 68.0. The van der Waals surface area contributed by atoms with Gasteiger partial charge in [0.1, 0.15) is 19.3 Å². The minimum absolute atomic E-state index is 0.105. The number of carbonyl (C=O) groups is 4. The van der Waals surface area contributed by atoms with Crippen molar-refractivity contribution in [3.05, 3.63) is 0 Å². The molecule has 0 aromatic rings. The number of rotatable bonds is 72. The van der Waals surface area contributed by atoms with E-state index in [9.17, 15) is 43.2 Å². The van der Waals surface area contributed by atoms with Crippen LogP contribution in [0.25, 0.3) is 0 Å². The number of aliphatic hydroxyl groups excluding tert-OH is 1. The Labute approximate surface area is 549 Å². The highest BCUT2D eigenvalue weighted by atomic mass is 31.2. The SMILES string of the molecule is CCCCCCCCCCCCCCCCCCCCCCCCC(=O)O[C@H](COC(=O)CCCCCCCCCCCCCCCC)COP(=O)(O)OC[C@@H](O)COP(=O)(O)OC[C@@H](COC(=O)CCCCCCC)OC(=O)CCCCCCCCCCC. The average Bonchev–Trinajstić information content (AvgIpc) is 3.62. The van der Waals surface area contributed by atoms with Gasteiger partial charge in [-0.25, -0.2) is 9.13 Å². The molecule has 0 saturated heterocycles. The third kappa shape index (κ3) is 64.8. The molecule has 0 aliphatic carbocycles. The van der Waals surface area contributed by atoms with Gasteiger partial charge in [0.2, 0.25) is 0 Å². The maximum atomic E-state index is 13.0. The molecule has 0 saturated carbocycles. The lowest BCUT2D eigenvalue weighted by Gasteiger charge is -2.21. The lowest BCUT2D eigenvalue weighted by Crippen LogP contribution is -2.30. The van der Waals surface area contributed by atoms with E-state index in [2.05, 4.69) is 27.7 Å². The van der Waals surface area contributed by atoms with Crippen LogP contribution in [0.5, 0.6) is 0 Å². The molecule has 534 valence electrons. The van der Waals surface area contributed by atoms with E-state index in [0.29, 0.717) is 25.7 Å². The van der Waals surface area contributed by atoms with Crippen molar-refractivity contribution in [3.63, 3.8) is 0 Å². The molecule has 0 aromatic carbocycles. The molecule has 17 nitrogen and oxygen atoms in total. The minimum Gasteiger partial charge on any atom is -0.462 e. The number of hydrogen-bond acceptors (Lipinski definition) is 15. The highest BCUT2D eigenvalue weighted by Gasteiger charge is 2.30. The normalized spacial score (nSPS) is 14.0. The first-order chi connectivity index (χ1) is 43.7. The van der Waals surface area contributed by atoms with Crippen molar-refractivity contribution in [2.75, 3.05) is 39.6 Å². The monoisotopic (exact) mass is 1320 g/mol. The van der Waals surface area contributed by atoms with Crippen molar-refractivity contribution in [1.29, 1.82) is 0 Å². The maximum absolute atomic E-state index is 13.0. The number of carbonyl (C=O) groups excluding carboxylic acids is 4. The van der Waals surface area contributed by atoms with E-state index in [1.54, 1.807) is 0 Å². The van der Waals surface area contributed by atoms with Gasteiger partial charge in [-0.2, -0.15) is 0 Å². The Kier molecular flexibility index (Phi) is 64.3. The van der Waals surface area contributed by atoms with E-state index < -0.39 is 97.5 Å². The van der Waals surface area contributed by atoms with E-state index >= 15 is 0 Å². The van der Waals surface area contributed by atoms with Crippen molar-refractivity contribution in [2.24, 2.45) is 0 Å². The van der Waals surface area contributed by atoms with Gasteiger partial charge in [-0.05, 0) is 25.7 Å². The third-order valence-corrected chi connectivity index (χ3v) is 18.5. The van der Waals surface area contributed by atoms with Crippen LogP contribution < -0.4 is 0 Å². The van der Waals surface area contributed by atoms with Gasteiger partial charge in [0, 0.05) is 25.7 Å². The summed E-state index contributed by atoms with van der Waals surface area (Å²) in [6, 6.07) is 0. The van der Waals surface area contributed by atoms with Gasteiger partial charge in [-0.15, -0.1) is 0 Å². The van der Waals surface area contributed by atoms with Crippen LogP contribution in [0.15, 0.2) is 0 Å². The lowest BCUT2D eigenvalue weighted by atomic mass is 10.0. The molecule has 2 unspecified atom stereocenters. The summed E-state index contributed by atoms with van der Waals surface area (Å²) >= 11 is 0. The van der Waals surface area contributed by atoms with Crippen LogP contribution in [0.2, 0.25) is 0 Å². The summed E-state index contributed by atoms with van der Waals surface area (Å²) in [7, 11) is -9.88. The summed E-state index contributed by atoms with van der Waals surface area (Å²) in [5.74, 6) is -2.13. The third-order valence-electron chi connectivity index (χ3n) is 16.6. The summed E-state index contributed by atoms with van der Waals surface area (Å²) in [5, 5.41) is 10.5. The molecule has 0 radical (unpaired) electrons. The number of phosphoric ester groups is 2. The summed E-state index contributed by atoms with van der Waals surface area (Å²) in [5.41, 5.74) is 0. The van der Waals surface area contributed by atoms with E-state index in [-0.39, 0.29) is 25.7 Å². The van der Waals surface area contributed by atoms with Crippen LogP contribution >= 0.6 is 15.6 Å². The van der Waals surface area contributed by atoms with Crippen LogP contribution in [-0.4, -0.2) is 96.7 Å². The van der Waals surface area contributed by atoms with Crippen molar-refractivity contribution in [2.45, 2.75) is 393 Å². The molecule has 0 heterocycles. The Morgan fingerprint density at radius 3 is 0.656 bits per heavy atom. The molecule has 0 aliphatic heterocycles. The van der Waals surface area contributed by atoms with Crippen molar-refractivity contribution in [3.8, 4) is 0 Å². The number of phosphoric acid groups is 2. The molecule has 0 bridgehead atoms. The first kappa shape index (κ1) is 88.1. The molecule has 0 fully saturated rings. The Hall–Kier alpha value is -1.94. The molecule has 0 aromatic heterocycles. The highest BCUT2D eigenvalue weighted by molar-refractivity contribution is 7.47. The molecule has 5 atom stereocenters. The zero-order valence-electron chi connectivity index (χ0n) is 58.1. The number of aliphatic hydroxyl groups is 1. The Morgan fingerprint density at radius 1 is 0.267 bits per heavy atom. The molecule has 19 heteroatoms. The van der Waals surface area contributed by atoms with Gasteiger partial charge in [-0.1, -0.05) is 323 Å². The predicted molar refractivity (Wildman–Crippen MR) is 363 cm³/mol. The maximum Gasteiger partial charge on any atom is 0.472 e. The summed E-state index contributed by atoms with van der Waals surface area (Å²) in [6.45, 7) is 4.84. The smallest absolute Gasteiger partial charge is 0.462 e. The lowest BCUT2D eigenvalue weighted by molar-refractivity contribution is -0.161. The summed E-state index contributed by atoms with van der Waals surface area (Å²) in [6.07, 6.45) is 54.7. The van der Waals surface area contributed by atoms with Gasteiger partial charge >= 0.3 is 39.5 Å². The van der Waals surface area contributed by atoms with Crippen molar-refractivity contribution in [1.82, 2.24) is 0 Å². The number of unbranched alkanes of at least 4 members (excludes halogenated alkanes) is 46. The molecular weight excluding hydrogens is 1190 g/mol. The molecule has 90 heavy (non-hydrogen) atoms. The van der Waals surface area contributed by atoms with Crippen molar-refractivity contribution >= 4 is 39.5 Å². The number of ether oxygens (including phenoxy) is 4. The Balaban J connectivity index is 5.08. The second-order valence-corrected chi connectivity index (χ2v) is 28.5. The Morgan fingerprint density at radius 2 is 0.444 bits per heavy atom. The van der Waals surface area contributed by atoms with Gasteiger partial charge in [0.05, 0.1) is 26.4 Å². The van der Waals surface area contributed by atoms with E-state index in [1.165, 1.54) is 199 Å². The van der Waals surface area contributed by atoms with E-state index in [1.807, 2.05) is 0 Å². The Bertz CT molecular complexity index is 1720. The molecule has 0 spiro atoms.